The van der Waals surface area contributed by atoms with Crippen LogP contribution in [0.25, 0.3) is 0 Å². The van der Waals surface area contributed by atoms with Gasteiger partial charge in [0.05, 0.1) is 0 Å². The lowest BCUT2D eigenvalue weighted by Crippen LogP contribution is -2.29. The third-order valence-electron chi connectivity index (χ3n) is 3.31. The maximum Gasteiger partial charge on any atom is 0.231 e. The van der Waals surface area contributed by atoms with Gasteiger partial charge in [0, 0.05) is 12.0 Å². The highest BCUT2D eigenvalue weighted by Gasteiger charge is 2.23. The first-order valence-electron chi connectivity index (χ1n) is 5.65. The van der Waals surface area contributed by atoms with E-state index in [-0.39, 0.29) is 6.04 Å². The summed E-state index contributed by atoms with van der Waals surface area (Å²) in [5.41, 5.74) is 7.38. The average molecular weight is 217 g/mol. The van der Waals surface area contributed by atoms with E-state index in [1.54, 1.807) is 0 Å². The molecule has 1 aliphatic heterocycles. The van der Waals surface area contributed by atoms with Gasteiger partial charge in [0.25, 0.3) is 0 Å². The quantitative estimate of drug-likeness (QED) is 0.733. The standard InChI is InChI=1S/C13H15NO2/c14-11-4-2-1-3-10(11)9-5-6-12-13(7-9)16-8-15-12/h1-2,5-7,10-11H,3-4,8,14H2/t10-,11+/m0/s1. The van der Waals surface area contributed by atoms with Crippen LogP contribution in [0.4, 0.5) is 0 Å². The van der Waals surface area contributed by atoms with Crippen molar-refractivity contribution in [3.8, 4) is 11.5 Å². The van der Waals surface area contributed by atoms with Gasteiger partial charge in [0.2, 0.25) is 6.79 Å². The van der Waals surface area contributed by atoms with E-state index in [4.69, 9.17) is 15.2 Å². The van der Waals surface area contributed by atoms with E-state index in [0.29, 0.717) is 12.7 Å². The molecule has 0 saturated heterocycles. The molecular formula is C13H15NO2. The van der Waals surface area contributed by atoms with Gasteiger partial charge in [-0.3, -0.25) is 0 Å². The molecule has 2 atom stereocenters. The monoisotopic (exact) mass is 217 g/mol. The van der Waals surface area contributed by atoms with Gasteiger partial charge in [0.15, 0.2) is 11.5 Å². The Balaban J connectivity index is 1.91. The number of benzene rings is 1. The Bertz CT molecular complexity index is 428. The van der Waals surface area contributed by atoms with E-state index in [9.17, 15) is 0 Å². The first-order chi connectivity index (χ1) is 7.84. The number of hydrogen-bond acceptors (Lipinski definition) is 3. The predicted octanol–water partition coefficient (Wildman–Crippen LogP) is 2.18. The molecule has 0 spiro atoms. The first-order valence-corrected chi connectivity index (χ1v) is 5.65. The van der Waals surface area contributed by atoms with Crippen molar-refractivity contribution < 1.29 is 9.47 Å². The van der Waals surface area contributed by atoms with Crippen molar-refractivity contribution in [1.29, 1.82) is 0 Å². The summed E-state index contributed by atoms with van der Waals surface area (Å²) >= 11 is 0. The fourth-order valence-electron chi connectivity index (χ4n) is 2.36. The van der Waals surface area contributed by atoms with Crippen molar-refractivity contribution in [1.82, 2.24) is 0 Å². The number of allylic oxidation sites excluding steroid dienone is 1. The number of nitrogens with two attached hydrogens (primary N) is 1. The predicted molar refractivity (Wildman–Crippen MR) is 61.7 cm³/mol. The molecule has 2 aliphatic rings. The number of rotatable bonds is 1. The Hall–Kier alpha value is -1.48. The summed E-state index contributed by atoms with van der Waals surface area (Å²) in [5, 5.41) is 0. The molecule has 3 nitrogen and oxygen atoms in total. The van der Waals surface area contributed by atoms with Crippen LogP contribution in [0.5, 0.6) is 11.5 Å². The first kappa shape index (κ1) is 9.73. The van der Waals surface area contributed by atoms with E-state index >= 15 is 0 Å². The molecule has 0 saturated carbocycles. The Morgan fingerprint density at radius 2 is 1.88 bits per heavy atom. The van der Waals surface area contributed by atoms with Crippen LogP contribution in [0, 0.1) is 0 Å². The summed E-state index contributed by atoms with van der Waals surface area (Å²) in [6.07, 6.45) is 6.34. The van der Waals surface area contributed by atoms with E-state index in [0.717, 1.165) is 24.3 Å². The molecule has 84 valence electrons. The van der Waals surface area contributed by atoms with Crippen LogP contribution in [-0.4, -0.2) is 12.8 Å². The SMILES string of the molecule is N[C@@H]1CC=CC[C@H]1c1ccc2c(c1)OCO2. The van der Waals surface area contributed by atoms with Crippen LogP contribution in [0.3, 0.4) is 0 Å². The molecule has 3 heteroatoms. The largest absolute Gasteiger partial charge is 0.454 e. The van der Waals surface area contributed by atoms with Gasteiger partial charge in [0.1, 0.15) is 0 Å². The minimum absolute atomic E-state index is 0.213. The zero-order valence-corrected chi connectivity index (χ0v) is 9.06. The average Bonchev–Trinajstić information content (AvgIpc) is 2.76. The molecule has 0 bridgehead atoms. The fraction of sp³-hybridized carbons (Fsp3) is 0.385. The van der Waals surface area contributed by atoms with Gasteiger partial charge in [-0.15, -0.1) is 0 Å². The summed E-state index contributed by atoms with van der Waals surface area (Å²) in [6.45, 7) is 0.329. The number of ether oxygens (including phenoxy) is 2. The lowest BCUT2D eigenvalue weighted by atomic mass is 9.84. The zero-order valence-electron chi connectivity index (χ0n) is 9.06. The molecule has 3 rings (SSSR count). The van der Waals surface area contributed by atoms with E-state index in [1.807, 2.05) is 6.07 Å². The zero-order chi connectivity index (χ0) is 11.0. The molecule has 1 aromatic carbocycles. The Morgan fingerprint density at radius 1 is 1.06 bits per heavy atom. The van der Waals surface area contributed by atoms with Crippen LogP contribution >= 0.6 is 0 Å². The van der Waals surface area contributed by atoms with Crippen LogP contribution < -0.4 is 15.2 Å². The maximum absolute atomic E-state index is 6.13. The summed E-state index contributed by atoms with van der Waals surface area (Å²) in [7, 11) is 0. The second kappa shape index (κ2) is 3.83. The van der Waals surface area contributed by atoms with Gasteiger partial charge < -0.3 is 15.2 Å². The number of fused-ring (bicyclic) bond motifs is 1. The Morgan fingerprint density at radius 3 is 2.75 bits per heavy atom. The number of hydrogen-bond donors (Lipinski definition) is 1. The molecule has 0 unspecified atom stereocenters. The van der Waals surface area contributed by atoms with Crippen molar-refractivity contribution >= 4 is 0 Å². The molecule has 0 radical (unpaired) electrons. The van der Waals surface area contributed by atoms with E-state index < -0.39 is 0 Å². The van der Waals surface area contributed by atoms with Gasteiger partial charge in [-0.25, -0.2) is 0 Å². The summed E-state index contributed by atoms with van der Waals surface area (Å²) in [4.78, 5) is 0. The van der Waals surface area contributed by atoms with Gasteiger partial charge >= 0.3 is 0 Å². The second-order valence-corrected chi connectivity index (χ2v) is 4.33. The normalized spacial score (nSPS) is 27.1. The smallest absolute Gasteiger partial charge is 0.231 e. The van der Waals surface area contributed by atoms with Gasteiger partial charge in [-0.1, -0.05) is 18.2 Å². The van der Waals surface area contributed by atoms with Crippen molar-refractivity contribution in [2.24, 2.45) is 5.73 Å². The van der Waals surface area contributed by atoms with Crippen LogP contribution in [0.2, 0.25) is 0 Å². The minimum Gasteiger partial charge on any atom is -0.454 e. The van der Waals surface area contributed by atoms with Crippen molar-refractivity contribution in [2.75, 3.05) is 6.79 Å². The van der Waals surface area contributed by atoms with E-state index in [2.05, 4.69) is 24.3 Å². The Kier molecular flexibility index (Phi) is 2.33. The highest BCUT2D eigenvalue weighted by molar-refractivity contribution is 5.46. The van der Waals surface area contributed by atoms with Crippen LogP contribution in [0.1, 0.15) is 24.3 Å². The molecule has 16 heavy (non-hydrogen) atoms. The third kappa shape index (κ3) is 1.57. The highest BCUT2D eigenvalue weighted by Crippen LogP contribution is 2.37. The third-order valence-corrected chi connectivity index (χ3v) is 3.31. The molecule has 1 heterocycles. The molecule has 1 aromatic rings. The molecule has 1 aliphatic carbocycles. The van der Waals surface area contributed by atoms with E-state index in [1.165, 1.54) is 5.56 Å². The minimum atomic E-state index is 0.213. The van der Waals surface area contributed by atoms with Crippen molar-refractivity contribution in [2.45, 2.75) is 24.8 Å². The second-order valence-electron chi connectivity index (χ2n) is 4.33. The lowest BCUT2D eigenvalue weighted by Gasteiger charge is -2.25. The fourth-order valence-corrected chi connectivity index (χ4v) is 2.36. The molecular weight excluding hydrogens is 202 g/mol. The maximum atomic E-state index is 6.13. The molecule has 0 amide bonds. The lowest BCUT2D eigenvalue weighted by molar-refractivity contribution is 0.174. The van der Waals surface area contributed by atoms with Crippen molar-refractivity contribution in [3.63, 3.8) is 0 Å². The van der Waals surface area contributed by atoms with Gasteiger partial charge in [-0.05, 0) is 30.5 Å². The summed E-state index contributed by atoms with van der Waals surface area (Å²) in [5.74, 6) is 2.09. The molecule has 0 fully saturated rings. The highest BCUT2D eigenvalue weighted by atomic mass is 16.7. The summed E-state index contributed by atoms with van der Waals surface area (Å²) in [6, 6.07) is 6.34. The van der Waals surface area contributed by atoms with Crippen LogP contribution in [0.15, 0.2) is 30.4 Å². The molecule has 0 aromatic heterocycles. The Labute approximate surface area is 94.9 Å². The van der Waals surface area contributed by atoms with Crippen LogP contribution in [-0.2, 0) is 0 Å². The summed E-state index contributed by atoms with van der Waals surface area (Å²) < 4.78 is 10.7. The molecule has 2 N–H and O–H groups in total. The van der Waals surface area contributed by atoms with Crippen molar-refractivity contribution in [3.05, 3.63) is 35.9 Å². The van der Waals surface area contributed by atoms with Gasteiger partial charge in [-0.2, -0.15) is 0 Å². The topological polar surface area (TPSA) is 44.5 Å².